The molecule has 0 spiro atoms. The number of amides is 2. The summed E-state index contributed by atoms with van der Waals surface area (Å²) in [6, 6.07) is 10.2. The Bertz CT molecular complexity index is 818. The van der Waals surface area contributed by atoms with Crippen LogP contribution in [0.5, 0.6) is 0 Å². The highest BCUT2D eigenvalue weighted by Gasteiger charge is 2.30. The van der Waals surface area contributed by atoms with Crippen molar-refractivity contribution in [1.29, 1.82) is 0 Å². The SMILES string of the molecule is O=C1C[C@H](C(=O)Nc2ccc(Cl)cc2)SC(=NN=Cc2ccco2)N1. The first-order valence-electron chi connectivity index (χ1n) is 7.27. The number of rotatable bonds is 4. The van der Waals surface area contributed by atoms with Crippen LogP contribution < -0.4 is 10.6 Å². The molecule has 2 N–H and O–H groups in total. The number of amidine groups is 1. The van der Waals surface area contributed by atoms with E-state index in [9.17, 15) is 9.59 Å². The Hall–Kier alpha value is -2.58. The molecule has 1 atom stereocenters. The van der Waals surface area contributed by atoms with E-state index >= 15 is 0 Å². The molecule has 0 aliphatic carbocycles. The minimum Gasteiger partial charge on any atom is -0.463 e. The van der Waals surface area contributed by atoms with Gasteiger partial charge in [-0.3, -0.25) is 9.59 Å². The molecule has 128 valence electrons. The van der Waals surface area contributed by atoms with E-state index in [2.05, 4.69) is 20.8 Å². The number of furan rings is 1. The molecule has 1 aromatic carbocycles. The van der Waals surface area contributed by atoms with Crippen molar-refractivity contribution in [2.75, 3.05) is 5.32 Å². The molecular weight excluding hydrogens is 364 g/mol. The number of carbonyl (C=O) groups is 2. The van der Waals surface area contributed by atoms with Gasteiger partial charge in [-0.2, -0.15) is 5.10 Å². The van der Waals surface area contributed by atoms with Crippen LogP contribution in [0, 0.1) is 0 Å². The largest absolute Gasteiger partial charge is 0.463 e. The average molecular weight is 377 g/mol. The van der Waals surface area contributed by atoms with Gasteiger partial charge >= 0.3 is 0 Å². The number of halogens is 1. The summed E-state index contributed by atoms with van der Waals surface area (Å²) >= 11 is 6.95. The molecule has 0 bridgehead atoms. The molecule has 1 aliphatic rings. The molecule has 0 radical (unpaired) electrons. The van der Waals surface area contributed by atoms with Crippen molar-refractivity contribution in [2.24, 2.45) is 10.2 Å². The summed E-state index contributed by atoms with van der Waals surface area (Å²) in [7, 11) is 0. The number of hydrogen-bond acceptors (Lipinski definition) is 6. The van der Waals surface area contributed by atoms with Gasteiger partial charge in [-0.1, -0.05) is 23.4 Å². The number of hydrogen-bond donors (Lipinski definition) is 2. The van der Waals surface area contributed by atoms with Crippen LogP contribution in [-0.4, -0.2) is 28.4 Å². The second-order valence-corrected chi connectivity index (χ2v) is 6.65. The van der Waals surface area contributed by atoms with Crippen LogP contribution in [0.15, 0.2) is 57.3 Å². The average Bonchev–Trinajstić information content (AvgIpc) is 3.10. The van der Waals surface area contributed by atoms with Crippen molar-refractivity contribution in [2.45, 2.75) is 11.7 Å². The van der Waals surface area contributed by atoms with E-state index in [4.69, 9.17) is 16.0 Å². The van der Waals surface area contributed by atoms with Gasteiger partial charge in [-0.15, -0.1) is 5.10 Å². The molecule has 25 heavy (non-hydrogen) atoms. The fourth-order valence-corrected chi connectivity index (χ4v) is 3.06. The molecule has 0 unspecified atom stereocenters. The highest BCUT2D eigenvalue weighted by Crippen LogP contribution is 2.23. The number of thioether (sulfide) groups is 1. The molecule has 2 amide bonds. The molecule has 0 saturated carbocycles. The van der Waals surface area contributed by atoms with E-state index in [1.165, 1.54) is 12.5 Å². The van der Waals surface area contributed by atoms with Crippen LogP contribution in [0.3, 0.4) is 0 Å². The van der Waals surface area contributed by atoms with Gasteiger partial charge in [0.05, 0.1) is 12.5 Å². The summed E-state index contributed by atoms with van der Waals surface area (Å²) in [6.07, 6.45) is 2.99. The summed E-state index contributed by atoms with van der Waals surface area (Å²) in [5.41, 5.74) is 0.607. The highest BCUT2D eigenvalue weighted by atomic mass is 35.5. The normalized spacial score (nSPS) is 19.2. The summed E-state index contributed by atoms with van der Waals surface area (Å²) in [6.45, 7) is 0. The smallest absolute Gasteiger partial charge is 0.238 e. The second kappa shape index (κ2) is 8.00. The summed E-state index contributed by atoms with van der Waals surface area (Å²) in [4.78, 5) is 24.2. The van der Waals surface area contributed by atoms with E-state index in [1.54, 1.807) is 36.4 Å². The second-order valence-electron chi connectivity index (χ2n) is 5.02. The lowest BCUT2D eigenvalue weighted by molar-refractivity contribution is -0.123. The molecule has 7 nitrogen and oxygen atoms in total. The zero-order valence-electron chi connectivity index (χ0n) is 12.8. The van der Waals surface area contributed by atoms with Crippen molar-refractivity contribution in [3.63, 3.8) is 0 Å². The monoisotopic (exact) mass is 376 g/mol. The summed E-state index contributed by atoms with van der Waals surface area (Å²) in [5.74, 6) is -0.0413. The number of nitrogens with one attached hydrogen (secondary N) is 2. The van der Waals surface area contributed by atoms with Gasteiger partial charge in [0, 0.05) is 17.1 Å². The van der Waals surface area contributed by atoms with E-state index in [-0.39, 0.29) is 23.4 Å². The van der Waals surface area contributed by atoms with Crippen molar-refractivity contribution >= 4 is 52.2 Å². The molecule has 1 fully saturated rings. The topological polar surface area (TPSA) is 96.1 Å². The zero-order valence-corrected chi connectivity index (χ0v) is 14.4. The lowest BCUT2D eigenvalue weighted by atomic mass is 10.2. The van der Waals surface area contributed by atoms with Crippen LogP contribution in [0.25, 0.3) is 0 Å². The third kappa shape index (κ3) is 4.94. The standard InChI is InChI=1S/C16H13ClN4O3S/c17-10-3-5-11(6-4-10)19-15(23)13-8-14(22)20-16(25-13)21-18-9-12-2-1-7-24-12/h1-7,9,13H,8H2,(H,19,23)(H,20,21,22)/t13-/m1/s1. The van der Waals surface area contributed by atoms with Gasteiger partial charge in [-0.25, -0.2) is 0 Å². The molecule has 1 aromatic heterocycles. The third-order valence-corrected chi connectivity index (χ3v) is 4.48. The lowest BCUT2D eigenvalue weighted by Crippen LogP contribution is -2.41. The number of benzene rings is 1. The van der Waals surface area contributed by atoms with Crippen molar-refractivity contribution < 1.29 is 14.0 Å². The molecule has 3 rings (SSSR count). The van der Waals surface area contributed by atoms with Gasteiger partial charge in [-0.05, 0) is 36.4 Å². The van der Waals surface area contributed by atoms with E-state index < -0.39 is 5.25 Å². The maximum atomic E-state index is 12.4. The van der Waals surface area contributed by atoms with Crippen LogP contribution >= 0.6 is 23.4 Å². The van der Waals surface area contributed by atoms with Crippen molar-refractivity contribution in [1.82, 2.24) is 5.32 Å². The Labute approximate surface area is 152 Å². The molecule has 9 heteroatoms. The first-order valence-corrected chi connectivity index (χ1v) is 8.53. The summed E-state index contributed by atoms with van der Waals surface area (Å²) in [5, 5.41) is 13.3. The van der Waals surface area contributed by atoms with Gasteiger partial charge in [0.2, 0.25) is 11.8 Å². The lowest BCUT2D eigenvalue weighted by Gasteiger charge is -2.21. The number of anilines is 1. The Balaban J connectivity index is 1.64. The Morgan fingerprint density at radius 2 is 2.16 bits per heavy atom. The maximum Gasteiger partial charge on any atom is 0.238 e. The first kappa shape index (κ1) is 17.2. The number of nitrogens with zero attached hydrogens (tertiary/aromatic N) is 2. The van der Waals surface area contributed by atoms with Crippen molar-refractivity contribution in [3.05, 3.63) is 53.4 Å². The first-order chi connectivity index (χ1) is 12.1. The molecule has 1 aliphatic heterocycles. The maximum absolute atomic E-state index is 12.4. The molecular formula is C16H13ClN4O3S. The van der Waals surface area contributed by atoms with Crippen LogP contribution in [0.4, 0.5) is 5.69 Å². The molecule has 2 aromatic rings. The minimum absolute atomic E-state index is 0.0605. The molecule has 2 heterocycles. The van der Waals surface area contributed by atoms with Gasteiger partial charge in [0.15, 0.2) is 5.17 Å². The quantitative estimate of drug-likeness (QED) is 0.633. The Kier molecular flexibility index (Phi) is 5.52. The van der Waals surface area contributed by atoms with Crippen LogP contribution in [0.1, 0.15) is 12.2 Å². The van der Waals surface area contributed by atoms with Gasteiger partial charge < -0.3 is 15.1 Å². The zero-order chi connectivity index (χ0) is 17.6. The summed E-state index contributed by atoms with van der Waals surface area (Å²) < 4.78 is 5.09. The number of carbonyl (C=O) groups excluding carboxylic acids is 2. The predicted octanol–water partition coefficient (Wildman–Crippen LogP) is 2.88. The van der Waals surface area contributed by atoms with Crippen molar-refractivity contribution in [3.8, 4) is 0 Å². The van der Waals surface area contributed by atoms with Crippen LogP contribution in [0.2, 0.25) is 5.02 Å². The fraction of sp³-hybridized carbons (Fsp3) is 0.125. The highest BCUT2D eigenvalue weighted by molar-refractivity contribution is 8.15. The fourth-order valence-electron chi connectivity index (χ4n) is 2.00. The van der Waals surface area contributed by atoms with E-state index in [0.717, 1.165) is 11.8 Å². The predicted molar refractivity (Wildman–Crippen MR) is 98.0 cm³/mol. The third-order valence-electron chi connectivity index (χ3n) is 3.15. The Morgan fingerprint density at radius 3 is 2.88 bits per heavy atom. The minimum atomic E-state index is -0.595. The Morgan fingerprint density at radius 1 is 1.36 bits per heavy atom. The van der Waals surface area contributed by atoms with Crippen LogP contribution in [-0.2, 0) is 9.59 Å². The van der Waals surface area contributed by atoms with E-state index in [0.29, 0.717) is 16.5 Å². The molecule has 1 saturated heterocycles. The van der Waals surface area contributed by atoms with E-state index in [1.807, 2.05) is 0 Å². The van der Waals surface area contributed by atoms with Gasteiger partial charge in [0.1, 0.15) is 11.0 Å². The van der Waals surface area contributed by atoms with Gasteiger partial charge in [0.25, 0.3) is 0 Å².